The maximum absolute atomic E-state index is 12.5. The number of rotatable bonds is 4. The molecule has 0 atom stereocenters. The van der Waals surface area contributed by atoms with Crippen LogP contribution in [0.2, 0.25) is 0 Å². The largest absolute Gasteiger partial charge is 0.366 e. The molecule has 0 bridgehead atoms. The van der Waals surface area contributed by atoms with Crippen molar-refractivity contribution in [3.05, 3.63) is 76.5 Å². The summed E-state index contributed by atoms with van der Waals surface area (Å²) in [6.45, 7) is 0. The van der Waals surface area contributed by atoms with Crippen LogP contribution in [-0.4, -0.2) is 11.8 Å². The summed E-state index contributed by atoms with van der Waals surface area (Å²) in [5, 5.41) is 4.70. The third-order valence-electron chi connectivity index (χ3n) is 3.36. The minimum absolute atomic E-state index is 0.208. The third kappa shape index (κ3) is 3.30. The van der Waals surface area contributed by atoms with Crippen molar-refractivity contribution in [3.63, 3.8) is 0 Å². The number of nitrogens with two attached hydrogens (primary N) is 1. The molecule has 0 saturated heterocycles. The van der Waals surface area contributed by atoms with Crippen LogP contribution in [0, 0.1) is 0 Å². The lowest BCUT2D eigenvalue weighted by atomic mass is 10.1. The number of amides is 2. The quantitative estimate of drug-likeness (QED) is 0.767. The van der Waals surface area contributed by atoms with Crippen molar-refractivity contribution in [2.24, 2.45) is 5.73 Å². The highest BCUT2D eigenvalue weighted by Gasteiger charge is 2.15. The van der Waals surface area contributed by atoms with E-state index in [2.05, 4.69) is 5.32 Å². The minimum Gasteiger partial charge on any atom is -0.366 e. The Morgan fingerprint density at radius 2 is 1.74 bits per heavy atom. The lowest BCUT2D eigenvalue weighted by Gasteiger charge is -2.07. The topological polar surface area (TPSA) is 72.2 Å². The molecule has 2 aromatic carbocycles. The van der Waals surface area contributed by atoms with E-state index in [1.165, 1.54) is 11.3 Å². The zero-order valence-corrected chi connectivity index (χ0v) is 13.0. The van der Waals surface area contributed by atoms with Gasteiger partial charge in [0.1, 0.15) is 0 Å². The number of carbonyl (C=O) groups is 2. The molecule has 0 unspecified atom stereocenters. The molecule has 0 spiro atoms. The average Bonchev–Trinajstić information content (AvgIpc) is 3.05. The summed E-state index contributed by atoms with van der Waals surface area (Å²) in [7, 11) is 0. The van der Waals surface area contributed by atoms with Gasteiger partial charge in [0.2, 0.25) is 5.91 Å². The van der Waals surface area contributed by atoms with E-state index in [0.29, 0.717) is 16.1 Å². The van der Waals surface area contributed by atoms with Crippen LogP contribution in [0.1, 0.15) is 20.0 Å². The Kier molecular flexibility index (Phi) is 4.21. The maximum atomic E-state index is 12.5. The summed E-state index contributed by atoms with van der Waals surface area (Å²) in [4.78, 5) is 24.4. The molecule has 3 rings (SSSR count). The highest BCUT2D eigenvalue weighted by atomic mass is 32.1. The molecular formula is C18H14N2O2S. The monoisotopic (exact) mass is 322 g/mol. The normalized spacial score (nSPS) is 10.3. The van der Waals surface area contributed by atoms with Crippen molar-refractivity contribution in [1.29, 1.82) is 0 Å². The first-order valence-electron chi connectivity index (χ1n) is 6.99. The Balaban J connectivity index is 1.87. The van der Waals surface area contributed by atoms with Gasteiger partial charge in [-0.1, -0.05) is 36.4 Å². The summed E-state index contributed by atoms with van der Waals surface area (Å²) >= 11 is 1.38. The summed E-state index contributed by atoms with van der Waals surface area (Å²) < 4.78 is 0. The van der Waals surface area contributed by atoms with Crippen LogP contribution >= 0.6 is 11.3 Å². The lowest BCUT2D eigenvalue weighted by molar-refractivity contribution is 0.0996. The van der Waals surface area contributed by atoms with E-state index in [4.69, 9.17) is 5.73 Å². The number of nitrogens with one attached hydrogen (secondary N) is 1. The average molecular weight is 322 g/mol. The number of hydrogen-bond donors (Lipinski definition) is 2. The molecule has 0 saturated carbocycles. The molecule has 0 fully saturated rings. The maximum Gasteiger partial charge on any atom is 0.266 e. The summed E-state index contributed by atoms with van der Waals surface area (Å²) in [6.07, 6.45) is 0. The van der Waals surface area contributed by atoms with Crippen molar-refractivity contribution in [2.45, 2.75) is 0 Å². The highest BCUT2D eigenvalue weighted by molar-refractivity contribution is 7.12. The van der Waals surface area contributed by atoms with Gasteiger partial charge in [-0.15, -0.1) is 11.3 Å². The van der Waals surface area contributed by atoms with E-state index >= 15 is 0 Å². The lowest BCUT2D eigenvalue weighted by Crippen LogP contribution is -2.14. The van der Waals surface area contributed by atoms with E-state index in [0.717, 1.165) is 11.1 Å². The molecule has 2 amide bonds. The first kappa shape index (κ1) is 15.0. The van der Waals surface area contributed by atoms with Crippen molar-refractivity contribution >= 4 is 28.8 Å². The van der Waals surface area contributed by atoms with E-state index in [9.17, 15) is 9.59 Å². The van der Waals surface area contributed by atoms with Crippen molar-refractivity contribution in [2.75, 3.05) is 5.32 Å². The van der Waals surface area contributed by atoms with Gasteiger partial charge in [0.25, 0.3) is 5.91 Å². The zero-order valence-electron chi connectivity index (χ0n) is 12.2. The summed E-state index contributed by atoms with van der Waals surface area (Å²) in [5.41, 5.74) is 8.04. The highest BCUT2D eigenvalue weighted by Crippen LogP contribution is 2.29. The van der Waals surface area contributed by atoms with Crippen LogP contribution in [-0.2, 0) is 0 Å². The van der Waals surface area contributed by atoms with Crippen LogP contribution < -0.4 is 11.1 Å². The number of anilines is 1. The molecular weight excluding hydrogens is 308 g/mol. The molecule has 3 N–H and O–H groups in total. The smallest absolute Gasteiger partial charge is 0.266 e. The van der Waals surface area contributed by atoms with Gasteiger partial charge in [-0.25, -0.2) is 0 Å². The van der Waals surface area contributed by atoms with Gasteiger partial charge in [-0.2, -0.15) is 0 Å². The Labute approximate surface area is 137 Å². The molecule has 3 aromatic rings. The number of thiophene rings is 1. The second-order valence-corrected chi connectivity index (χ2v) is 5.84. The van der Waals surface area contributed by atoms with Gasteiger partial charge in [-0.05, 0) is 35.2 Å². The van der Waals surface area contributed by atoms with Gasteiger partial charge in [-0.3, -0.25) is 9.59 Å². The van der Waals surface area contributed by atoms with Gasteiger partial charge in [0, 0.05) is 16.8 Å². The van der Waals surface area contributed by atoms with Gasteiger partial charge < -0.3 is 11.1 Å². The van der Waals surface area contributed by atoms with Crippen LogP contribution in [0.5, 0.6) is 0 Å². The number of hydrogen-bond acceptors (Lipinski definition) is 3. The van der Waals surface area contributed by atoms with Crippen LogP contribution in [0.3, 0.4) is 0 Å². The molecule has 1 heterocycles. The Bertz CT molecular complexity index is 856. The van der Waals surface area contributed by atoms with Crippen LogP contribution in [0.15, 0.2) is 66.0 Å². The van der Waals surface area contributed by atoms with Gasteiger partial charge >= 0.3 is 0 Å². The minimum atomic E-state index is -0.526. The zero-order chi connectivity index (χ0) is 16.2. The Morgan fingerprint density at radius 1 is 0.957 bits per heavy atom. The van der Waals surface area contributed by atoms with Crippen molar-refractivity contribution in [3.8, 4) is 11.1 Å². The van der Waals surface area contributed by atoms with Crippen LogP contribution in [0.25, 0.3) is 11.1 Å². The first-order valence-corrected chi connectivity index (χ1v) is 7.87. The molecule has 4 nitrogen and oxygen atoms in total. The molecule has 0 aliphatic carbocycles. The predicted octanol–water partition coefficient (Wildman–Crippen LogP) is 3.77. The molecule has 114 valence electrons. The van der Waals surface area contributed by atoms with Gasteiger partial charge in [0.05, 0.1) is 4.88 Å². The van der Waals surface area contributed by atoms with E-state index in [1.807, 2.05) is 41.8 Å². The molecule has 23 heavy (non-hydrogen) atoms. The van der Waals surface area contributed by atoms with Gasteiger partial charge in [0.15, 0.2) is 0 Å². The van der Waals surface area contributed by atoms with Crippen molar-refractivity contribution in [1.82, 2.24) is 0 Å². The Morgan fingerprint density at radius 3 is 2.48 bits per heavy atom. The summed E-state index contributed by atoms with van der Waals surface area (Å²) in [5.74, 6) is -0.734. The third-order valence-corrected chi connectivity index (χ3v) is 4.27. The standard InChI is InChI=1S/C18H14N2O2S/c19-17(21)13-7-4-8-14(11-13)20-18(22)16-15(9-10-23-16)12-5-2-1-3-6-12/h1-11H,(H2,19,21)(H,20,22). The number of benzene rings is 2. The van der Waals surface area contributed by atoms with E-state index in [1.54, 1.807) is 24.3 Å². The second kappa shape index (κ2) is 6.46. The molecule has 1 aromatic heterocycles. The predicted molar refractivity (Wildman–Crippen MR) is 92.7 cm³/mol. The fourth-order valence-corrected chi connectivity index (χ4v) is 3.08. The number of primary amides is 1. The fourth-order valence-electron chi connectivity index (χ4n) is 2.27. The SMILES string of the molecule is NC(=O)c1cccc(NC(=O)c2sccc2-c2ccccc2)c1. The Hall–Kier alpha value is -2.92. The molecule has 5 heteroatoms. The van der Waals surface area contributed by atoms with Crippen LogP contribution in [0.4, 0.5) is 5.69 Å². The first-order chi connectivity index (χ1) is 11.1. The molecule has 0 aliphatic rings. The number of carbonyl (C=O) groups excluding carboxylic acids is 2. The van der Waals surface area contributed by atoms with E-state index in [-0.39, 0.29) is 5.91 Å². The van der Waals surface area contributed by atoms with Crippen molar-refractivity contribution < 1.29 is 9.59 Å². The summed E-state index contributed by atoms with van der Waals surface area (Å²) in [6, 6.07) is 18.2. The second-order valence-electron chi connectivity index (χ2n) is 4.93. The fraction of sp³-hybridized carbons (Fsp3) is 0. The molecule has 0 radical (unpaired) electrons. The molecule has 0 aliphatic heterocycles. The van der Waals surface area contributed by atoms with E-state index < -0.39 is 5.91 Å².